The van der Waals surface area contributed by atoms with Gasteiger partial charge in [0.2, 0.25) is 11.8 Å². The van der Waals surface area contributed by atoms with Crippen LogP contribution >= 0.6 is 0 Å². The van der Waals surface area contributed by atoms with Gasteiger partial charge in [0.15, 0.2) is 0 Å². The quantitative estimate of drug-likeness (QED) is 0.625. The molecule has 2 amide bonds. The highest BCUT2D eigenvalue weighted by atomic mass is 16.4. The van der Waals surface area contributed by atoms with Crippen molar-refractivity contribution >= 4 is 28.5 Å². The predicted molar refractivity (Wildman–Crippen MR) is 118 cm³/mol. The van der Waals surface area contributed by atoms with Gasteiger partial charge in [-0.25, -0.2) is 9.80 Å². The number of amides is 2. The van der Waals surface area contributed by atoms with Crippen molar-refractivity contribution < 1.29 is 14.0 Å². The van der Waals surface area contributed by atoms with E-state index in [1.165, 1.54) is 11.1 Å². The molecular formula is C24H23N3O4. The SMILES string of the molecule is Cc1ccc2c(CC(=O)NCCN3N=C(c4ccccc4)CCC3=O)cc(=O)oc2c1. The number of fused-ring (bicyclic) bond motifs is 1. The summed E-state index contributed by atoms with van der Waals surface area (Å²) in [6.07, 6.45) is 1.05. The van der Waals surface area contributed by atoms with Crippen molar-refractivity contribution in [3.05, 3.63) is 81.7 Å². The van der Waals surface area contributed by atoms with E-state index in [0.29, 0.717) is 24.0 Å². The molecule has 0 fully saturated rings. The lowest BCUT2D eigenvalue weighted by Crippen LogP contribution is -2.38. The summed E-state index contributed by atoms with van der Waals surface area (Å²) in [6.45, 7) is 2.47. The van der Waals surface area contributed by atoms with Crippen molar-refractivity contribution in [2.75, 3.05) is 13.1 Å². The van der Waals surface area contributed by atoms with Gasteiger partial charge in [-0.05, 0) is 29.7 Å². The van der Waals surface area contributed by atoms with Gasteiger partial charge in [0, 0.05) is 30.8 Å². The van der Waals surface area contributed by atoms with Gasteiger partial charge in [-0.2, -0.15) is 5.10 Å². The van der Waals surface area contributed by atoms with Gasteiger partial charge in [0.1, 0.15) is 5.58 Å². The number of carbonyl (C=O) groups excluding carboxylic acids is 2. The molecule has 2 aromatic carbocycles. The first-order chi connectivity index (χ1) is 15.0. The Morgan fingerprint density at radius 3 is 2.71 bits per heavy atom. The van der Waals surface area contributed by atoms with Crippen molar-refractivity contribution in [1.82, 2.24) is 10.3 Å². The van der Waals surface area contributed by atoms with Gasteiger partial charge < -0.3 is 9.73 Å². The van der Waals surface area contributed by atoms with Gasteiger partial charge in [-0.3, -0.25) is 9.59 Å². The van der Waals surface area contributed by atoms with E-state index in [1.54, 1.807) is 6.07 Å². The molecule has 7 heteroatoms. The maximum atomic E-state index is 12.5. The molecule has 0 unspecified atom stereocenters. The van der Waals surface area contributed by atoms with Crippen molar-refractivity contribution in [1.29, 1.82) is 0 Å². The smallest absolute Gasteiger partial charge is 0.336 e. The molecule has 2 heterocycles. The summed E-state index contributed by atoms with van der Waals surface area (Å²) < 4.78 is 5.24. The Hall–Kier alpha value is -3.74. The molecule has 0 radical (unpaired) electrons. The molecule has 0 aliphatic carbocycles. The van der Waals surface area contributed by atoms with Crippen molar-refractivity contribution in [2.24, 2.45) is 5.10 Å². The zero-order valence-corrected chi connectivity index (χ0v) is 17.3. The molecule has 4 rings (SSSR count). The Labute approximate surface area is 179 Å². The summed E-state index contributed by atoms with van der Waals surface area (Å²) in [5.41, 5.74) is 3.43. The Morgan fingerprint density at radius 1 is 1.10 bits per heavy atom. The van der Waals surface area contributed by atoms with Crippen molar-refractivity contribution in [3.63, 3.8) is 0 Å². The van der Waals surface area contributed by atoms with Crippen molar-refractivity contribution in [3.8, 4) is 0 Å². The van der Waals surface area contributed by atoms with E-state index in [0.717, 1.165) is 22.2 Å². The van der Waals surface area contributed by atoms with Crippen LogP contribution in [0.25, 0.3) is 11.0 Å². The highest BCUT2D eigenvalue weighted by Gasteiger charge is 2.21. The maximum absolute atomic E-state index is 12.5. The largest absolute Gasteiger partial charge is 0.423 e. The summed E-state index contributed by atoms with van der Waals surface area (Å²) in [4.78, 5) is 36.5. The molecule has 1 N–H and O–H groups in total. The predicted octanol–water partition coefficient (Wildman–Crippen LogP) is 2.79. The van der Waals surface area contributed by atoms with Crippen LogP contribution in [0.5, 0.6) is 0 Å². The zero-order chi connectivity index (χ0) is 21.8. The summed E-state index contributed by atoms with van der Waals surface area (Å²) >= 11 is 0. The Bertz CT molecular complexity index is 1210. The van der Waals surface area contributed by atoms with Crippen LogP contribution in [0, 0.1) is 6.92 Å². The molecule has 0 atom stereocenters. The number of hydrogen-bond acceptors (Lipinski definition) is 5. The van der Waals surface area contributed by atoms with E-state index < -0.39 is 5.63 Å². The lowest BCUT2D eigenvalue weighted by molar-refractivity contribution is -0.132. The van der Waals surface area contributed by atoms with Crippen LogP contribution in [-0.4, -0.2) is 35.6 Å². The van der Waals surface area contributed by atoms with E-state index in [2.05, 4.69) is 10.4 Å². The number of nitrogens with one attached hydrogen (secondary N) is 1. The second-order valence-electron chi connectivity index (χ2n) is 7.55. The normalized spacial score (nSPS) is 13.9. The third-order valence-electron chi connectivity index (χ3n) is 5.19. The van der Waals surface area contributed by atoms with Gasteiger partial charge >= 0.3 is 5.63 Å². The van der Waals surface area contributed by atoms with Crippen LogP contribution in [0.15, 0.2) is 68.9 Å². The molecule has 0 spiro atoms. The van der Waals surface area contributed by atoms with Gasteiger partial charge in [-0.1, -0.05) is 42.5 Å². The number of nitrogens with zero attached hydrogens (tertiary/aromatic N) is 2. The second kappa shape index (κ2) is 8.95. The van der Waals surface area contributed by atoms with E-state index in [-0.39, 0.29) is 31.3 Å². The minimum Gasteiger partial charge on any atom is -0.423 e. The molecular weight excluding hydrogens is 394 g/mol. The summed E-state index contributed by atoms with van der Waals surface area (Å²) in [6, 6.07) is 16.6. The van der Waals surface area contributed by atoms with Crippen LogP contribution in [0.1, 0.15) is 29.5 Å². The first-order valence-electron chi connectivity index (χ1n) is 10.2. The third kappa shape index (κ3) is 4.88. The van der Waals surface area contributed by atoms with Crippen molar-refractivity contribution in [2.45, 2.75) is 26.2 Å². The summed E-state index contributed by atoms with van der Waals surface area (Å²) in [7, 11) is 0. The molecule has 7 nitrogen and oxygen atoms in total. The van der Waals surface area contributed by atoms with E-state index in [9.17, 15) is 14.4 Å². The first kappa shape index (κ1) is 20.5. The minimum absolute atomic E-state index is 0.0532. The molecule has 1 aromatic heterocycles. The Kier molecular flexibility index (Phi) is 5.93. The standard InChI is InChI=1S/C24H23N3O4/c1-16-7-8-19-18(15-24(30)31-21(19)13-16)14-22(28)25-11-12-27-23(29)10-9-20(26-27)17-5-3-2-4-6-17/h2-8,13,15H,9-12,14H2,1H3,(H,25,28). The number of hydrogen-bond donors (Lipinski definition) is 1. The number of rotatable bonds is 6. The fraction of sp³-hybridized carbons (Fsp3) is 0.250. The average molecular weight is 417 g/mol. The Morgan fingerprint density at radius 2 is 1.90 bits per heavy atom. The number of aryl methyl sites for hydroxylation is 1. The topological polar surface area (TPSA) is 92.0 Å². The van der Waals surface area contributed by atoms with Crippen LogP contribution in [0.4, 0.5) is 0 Å². The fourth-order valence-electron chi connectivity index (χ4n) is 3.63. The van der Waals surface area contributed by atoms with E-state index in [1.807, 2.05) is 49.4 Å². The zero-order valence-electron chi connectivity index (χ0n) is 17.3. The molecule has 31 heavy (non-hydrogen) atoms. The first-order valence-corrected chi connectivity index (χ1v) is 10.2. The molecule has 1 aliphatic rings. The lowest BCUT2D eigenvalue weighted by Gasteiger charge is -2.23. The van der Waals surface area contributed by atoms with Crippen LogP contribution in [0.3, 0.4) is 0 Å². The molecule has 0 saturated heterocycles. The number of benzene rings is 2. The molecule has 158 valence electrons. The van der Waals surface area contributed by atoms with Gasteiger partial charge in [-0.15, -0.1) is 0 Å². The Balaban J connectivity index is 1.39. The molecule has 0 bridgehead atoms. The van der Waals surface area contributed by atoms with Crippen LogP contribution in [-0.2, 0) is 16.0 Å². The average Bonchev–Trinajstić information content (AvgIpc) is 2.75. The highest BCUT2D eigenvalue weighted by Crippen LogP contribution is 2.19. The lowest BCUT2D eigenvalue weighted by atomic mass is 10.0. The summed E-state index contributed by atoms with van der Waals surface area (Å²) in [5.74, 6) is -0.292. The monoisotopic (exact) mass is 417 g/mol. The molecule has 3 aromatic rings. The second-order valence-corrected chi connectivity index (χ2v) is 7.55. The molecule has 1 aliphatic heterocycles. The summed E-state index contributed by atoms with van der Waals surface area (Å²) in [5, 5.41) is 9.44. The van der Waals surface area contributed by atoms with Crippen LogP contribution in [0.2, 0.25) is 0 Å². The number of carbonyl (C=O) groups is 2. The number of hydrazone groups is 1. The van der Waals surface area contributed by atoms with Crippen LogP contribution < -0.4 is 10.9 Å². The van der Waals surface area contributed by atoms with Gasteiger partial charge in [0.05, 0.1) is 18.7 Å². The highest BCUT2D eigenvalue weighted by molar-refractivity contribution is 6.04. The fourth-order valence-corrected chi connectivity index (χ4v) is 3.63. The van der Waals surface area contributed by atoms with E-state index >= 15 is 0 Å². The minimum atomic E-state index is -0.484. The van der Waals surface area contributed by atoms with E-state index in [4.69, 9.17) is 4.42 Å². The van der Waals surface area contributed by atoms with Gasteiger partial charge in [0.25, 0.3) is 0 Å². The maximum Gasteiger partial charge on any atom is 0.336 e. The molecule has 0 saturated carbocycles. The third-order valence-corrected chi connectivity index (χ3v) is 5.19.